The molecule has 3 aromatic carbocycles. The van der Waals surface area contributed by atoms with Crippen LogP contribution in [0.5, 0.6) is 0 Å². The van der Waals surface area contributed by atoms with E-state index in [0.29, 0.717) is 4.99 Å². The van der Waals surface area contributed by atoms with Crippen LogP contribution in [0.1, 0.15) is 55.0 Å². The molecule has 0 radical (unpaired) electrons. The minimum absolute atomic E-state index is 0.681. The monoisotopic (exact) mass is 552 g/mol. The van der Waals surface area contributed by atoms with E-state index < -0.39 is 0 Å². The zero-order chi connectivity index (χ0) is 26.9. The Bertz CT molecular complexity index is 1630. The van der Waals surface area contributed by atoms with E-state index in [1.807, 2.05) is 12.1 Å². The number of unbranched alkanes of at least 4 members (excludes halogenated alkanes) is 1. The highest BCUT2D eigenvalue weighted by molar-refractivity contribution is 7.81. The van der Waals surface area contributed by atoms with Crippen LogP contribution < -0.4 is 5.32 Å². The largest absolute Gasteiger partial charge is 0.345 e. The highest BCUT2D eigenvalue weighted by Gasteiger charge is 2.29. The van der Waals surface area contributed by atoms with Crippen molar-refractivity contribution in [1.29, 1.82) is 0 Å². The third-order valence-electron chi connectivity index (χ3n) is 7.67. The molecular formula is C33H33ClN4S. The maximum absolute atomic E-state index is 6.21. The molecular weight excluding hydrogens is 520 g/mol. The number of anilines is 1. The Kier molecular flexibility index (Phi) is 7.28. The molecule has 0 saturated carbocycles. The lowest BCUT2D eigenvalue weighted by Crippen LogP contribution is -2.15. The number of hydrogen-bond acceptors (Lipinski definition) is 2. The summed E-state index contributed by atoms with van der Waals surface area (Å²) in [5, 5.41) is 9.48. The van der Waals surface area contributed by atoms with Crippen LogP contribution in [0.4, 0.5) is 5.69 Å². The molecule has 6 rings (SSSR count). The predicted molar refractivity (Wildman–Crippen MR) is 167 cm³/mol. The van der Waals surface area contributed by atoms with Crippen LogP contribution in [0, 0.1) is 6.92 Å². The number of nitrogens with zero attached hydrogens (tertiary/aromatic N) is 3. The topological polar surface area (TPSA) is 34.3 Å². The minimum Gasteiger partial charge on any atom is -0.345 e. The van der Waals surface area contributed by atoms with Crippen molar-refractivity contribution in [3.8, 4) is 22.5 Å². The summed E-state index contributed by atoms with van der Waals surface area (Å²) in [4.78, 5) is 0.681. The molecule has 0 unspecified atom stereocenters. The molecule has 0 amide bonds. The Labute approximate surface area is 240 Å². The van der Waals surface area contributed by atoms with Gasteiger partial charge in [-0.1, -0.05) is 79.1 Å². The average molecular weight is 553 g/mol. The van der Waals surface area contributed by atoms with Crippen LogP contribution in [0.3, 0.4) is 0 Å². The number of benzene rings is 3. The van der Waals surface area contributed by atoms with E-state index in [9.17, 15) is 0 Å². The molecule has 0 saturated heterocycles. The molecule has 3 heterocycles. The van der Waals surface area contributed by atoms with Gasteiger partial charge in [-0.25, -0.2) is 4.52 Å². The quantitative estimate of drug-likeness (QED) is 0.205. The van der Waals surface area contributed by atoms with Crippen molar-refractivity contribution in [2.24, 2.45) is 0 Å². The van der Waals surface area contributed by atoms with Crippen molar-refractivity contribution in [1.82, 2.24) is 14.2 Å². The van der Waals surface area contributed by atoms with Crippen molar-refractivity contribution >= 4 is 40.1 Å². The SMILES string of the molecule is CCCCc1ccc(NC(=S)c2c(-c3ccc(C)cc3)c3c4n(c(-c5ccc(Cl)cc5)nn24)CCCC3)cc1. The van der Waals surface area contributed by atoms with Crippen LogP contribution in [0.15, 0.2) is 72.8 Å². The fraction of sp³-hybridized carbons (Fsp3) is 0.273. The highest BCUT2D eigenvalue weighted by atomic mass is 35.5. The lowest BCUT2D eigenvalue weighted by atomic mass is 9.97. The first kappa shape index (κ1) is 25.8. The number of aryl methyl sites for hydroxylation is 4. The molecule has 39 heavy (non-hydrogen) atoms. The second kappa shape index (κ2) is 11.0. The number of hydrogen-bond donors (Lipinski definition) is 1. The molecule has 0 fully saturated rings. The molecule has 0 bridgehead atoms. The number of nitrogens with one attached hydrogen (secondary N) is 1. The van der Waals surface area contributed by atoms with Gasteiger partial charge >= 0.3 is 0 Å². The summed E-state index contributed by atoms with van der Waals surface area (Å²) >= 11 is 12.4. The van der Waals surface area contributed by atoms with Gasteiger partial charge in [-0.15, -0.1) is 5.10 Å². The summed E-state index contributed by atoms with van der Waals surface area (Å²) in [6.07, 6.45) is 6.73. The van der Waals surface area contributed by atoms with Crippen molar-refractivity contribution in [2.45, 2.75) is 58.9 Å². The number of thiocarbonyl (C=S) groups is 1. The summed E-state index contributed by atoms with van der Waals surface area (Å²) in [5.41, 5.74) is 10.4. The maximum Gasteiger partial charge on any atom is 0.162 e. The van der Waals surface area contributed by atoms with Gasteiger partial charge in [-0.2, -0.15) is 0 Å². The van der Waals surface area contributed by atoms with Gasteiger partial charge in [-0.3, -0.25) is 0 Å². The summed E-state index contributed by atoms with van der Waals surface area (Å²) in [7, 11) is 0. The van der Waals surface area contributed by atoms with Crippen molar-refractivity contribution in [3.63, 3.8) is 0 Å². The van der Waals surface area contributed by atoms with Crippen LogP contribution in [0.2, 0.25) is 5.02 Å². The minimum atomic E-state index is 0.681. The van der Waals surface area contributed by atoms with Crippen LogP contribution >= 0.6 is 23.8 Å². The Morgan fingerprint density at radius 3 is 2.38 bits per heavy atom. The van der Waals surface area contributed by atoms with Gasteiger partial charge in [0.15, 0.2) is 5.82 Å². The summed E-state index contributed by atoms with van der Waals surface area (Å²) < 4.78 is 4.46. The van der Waals surface area contributed by atoms with E-state index in [1.54, 1.807) is 0 Å². The Morgan fingerprint density at radius 1 is 0.949 bits per heavy atom. The highest BCUT2D eigenvalue weighted by Crippen LogP contribution is 2.39. The zero-order valence-corrected chi connectivity index (χ0v) is 24.1. The van der Waals surface area contributed by atoms with Crippen LogP contribution in [-0.4, -0.2) is 19.2 Å². The third-order valence-corrected chi connectivity index (χ3v) is 8.22. The van der Waals surface area contributed by atoms with Crippen molar-refractivity contribution in [2.75, 3.05) is 5.32 Å². The van der Waals surface area contributed by atoms with Gasteiger partial charge in [0.25, 0.3) is 0 Å². The fourth-order valence-corrected chi connectivity index (χ4v) is 6.05. The lowest BCUT2D eigenvalue weighted by molar-refractivity contribution is 0.645. The third kappa shape index (κ3) is 5.02. The van der Waals surface area contributed by atoms with E-state index in [-0.39, 0.29) is 0 Å². The van der Waals surface area contributed by atoms with Gasteiger partial charge in [0.2, 0.25) is 0 Å². The Hall–Kier alpha value is -3.41. The maximum atomic E-state index is 6.21. The van der Waals surface area contributed by atoms with E-state index in [1.165, 1.54) is 40.7 Å². The van der Waals surface area contributed by atoms with Gasteiger partial charge in [0, 0.05) is 33.9 Å². The van der Waals surface area contributed by atoms with Gasteiger partial charge < -0.3 is 9.88 Å². The summed E-state index contributed by atoms with van der Waals surface area (Å²) in [6.45, 7) is 5.27. The van der Waals surface area contributed by atoms with Gasteiger partial charge in [-0.05, 0) is 86.6 Å². The lowest BCUT2D eigenvalue weighted by Gasteiger charge is -2.12. The zero-order valence-electron chi connectivity index (χ0n) is 22.5. The van der Waals surface area contributed by atoms with Crippen LogP contribution in [-0.2, 0) is 19.4 Å². The Balaban J connectivity index is 1.50. The molecule has 5 aromatic rings. The summed E-state index contributed by atoms with van der Waals surface area (Å²) in [5.74, 6) is 0.949. The summed E-state index contributed by atoms with van der Waals surface area (Å²) in [6, 6.07) is 25.4. The molecule has 6 heteroatoms. The Morgan fingerprint density at radius 2 is 1.67 bits per heavy atom. The van der Waals surface area contributed by atoms with Crippen molar-refractivity contribution in [3.05, 3.63) is 100 Å². The molecule has 198 valence electrons. The first-order valence-electron chi connectivity index (χ1n) is 13.9. The number of halogens is 1. The van der Waals surface area contributed by atoms with Gasteiger partial charge in [0.1, 0.15) is 16.3 Å². The number of aromatic nitrogens is 3. The average Bonchev–Trinajstić information content (AvgIpc) is 3.36. The second-order valence-electron chi connectivity index (χ2n) is 10.5. The first-order valence-corrected chi connectivity index (χ1v) is 14.7. The molecule has 1 aliphatic rings. The smallest absolute Gasteiger partial charge is 0.162 e. The standard InChI is InChI=1S/C33H33ClN4S/c1-3-4-7-23-11-19-27(20-12-23)35-32(39)30-29(24-13-9-22(2)10-14-24)28-8-5-6-21-37-31(36-38(30)33(28)37)25-15-17-26(34)18-16-25/h9-20H,3-8,21H2,1-2H3,(H,35,39). The van der Waals surface area contributed by atoms with E-state index in [0.717, 1.165) is 65.7 Å². The van der Waals surface area contributed by atoms with Gasteiger partial charge in [0.05, 0.1) is 0 Å². The first-order chi connectivity index (χ1) is 19.0. The normalized spacial score (nSPS) is 13.0. The fourth-order valence-electron chi connectivity index (χ4n) is 5.62. The molecule has 4 nitrogen and oxygen atoms in total. The molecule has 1 aliphatic heterocycles. The van der Waals surface area contributed by atoms with E-state index in [4.69, 9.17) is 28.9 Å². The predicted octanol–water partition coefficient (Wildman–Crippen LogP) is 8.90. The van der Waals surface area contributed by atoms with E-state index >= 15 is 0 Å². The molecule has 0 spiro atoms. The molecule has 0 atom stereocenters. The van der Waals surface area contributed by atoms with Crippen molar-refractivity contribution < 1.29 is 0 Å². The second-order valence-corrected chi connectivity index (χ2v) is 11.3. The molecule has 2 aromatic heterocycles. The van der Waals surface area contributed by atoms with Crippen LogP contribution in [0.25, 0.3) is 28.2 Å². The van der Waals surface area contributed by atoms with E-state index in [2.05, 4.69) is 88.9 Å². The molecule has 1 N–H and O–H groups in total. The number of rotatable bonds is 7. The molecule has 0 aliphatic carbocycles.